The van der Waals surface area contributed by atoms with E-state index >= 15 is 0 Å². The fourth-order valence-corrected chi connectivity index (χ4v) is 3.61. The summed E-state index contributed by atoms with van der Waals surface area (Å²) >= 11 is 1.40. The number of aromatic nitrogens is 2. The quantitative estimate of drug-likeness (QED) is 0.705. The Morgan fingerprint density at radius 2 is 1.72 bits per heavy atom. The number of hydrogen-bond donors (Lipinski definition) is 0. The highest BCUT2D eigenvalue weighted by Gasteiger charge is 2.29. The molecule has 0 atom stereocenters. The Morgan fingerprint density at radius 1 is 1.00 bits per heavy atom. The van der Waals surface area contributed by atoms with Gasteiger partial charge in [0.1, 0.15) is 5.65 Å². The number of nitrogens with zero attached hydrogens (tertiary/aromatic N) is 4. The molecule has 3 aromatic heterocycles. The molecule has 4 rings (SSSR count). The van der Waals surface area contributed by atoms with E-state index in [1.807, 2.05) is 11.4 Å². The van der Waals surface area contributed by atoms with Gasteiger partial charge in [-0.05, 0) is 23.6 Å². The maximum Gasteiger partial charge on any atom is 0.277 e. The summed E-state index contributed by atoms with van der Waals surface area (Å²) in [6.45, 7) is 1.58. The SMILES string of the molecule is O=C(c1cccs1)N1CCN(C(=O)c2nc3ccccn3c2F)CC1. The van der Waals surface area contributed by atoms with Crippen molar-refractivity contribution >= 4 is 28.8 Å². The molecule has 0 unspecified atom stereocenters. The molecule has 0 bridgehead atoms. The first-order valence-corrected chi connectivity index (χ1v) is 8.78. The fraction of sp³-hybridized carbons (Fsp3) is 0.235. The van der Waals surface area contributed by atoms with Crippen LogP contribution in [-0.4, -0.2) is 57.2 Å². The first-order valence-electron chi connectivity index (χ1n) is 7.90. The van der Waals surface area contributed by atoms with Crippen LogP contribution in [0.5, 0.6) is 0 Å². The highest BCUT2D eigenvalue weighted by Crippen LogP contribution is 2.17. The molecule has 1 fully saturated rings. The second kappa shape index (κ2) is 6.29. The van der Waals surface area contributed by atoms with E-state index in [1.165, 1.54) is 21.9 Å². The Bertz CT molecular complexity index is 929. The van der Waals surface area contributed by atoms with E-state index in [1.54, 1.807) is 34.1 Å². The van der Waals surface area contributed by atoms with Gasteiger partial charge in [-0.2, -0.15) is 4.39 Å². The van der Waals surface area contributed by atoms with Crippen LogP contribution < -0.4 is 0 Å². The number of thiophene rings is 1. The molecule has 2 amide bonds. The number of carbonyl (C=O) groups excluding carboxylic acids is 2. The predicted molar refractivity (Wildman–Crippen MR) is 91.3 cm³/mol. The number of amides is 2. The molecular formula is C17H15FN4O2S. The molecule has 1 aliphatic heterocycles. The van der Waals surface area contributed by atoms with Gasteiger partial charge in [0.05, 0.1) is 4.88 Å². The monoisotopic (exact) mass is 358 g/mol. The number of pyridine rings is 1. The summed E-state index contributed by atoms with van der Waals surface area (Å²) in [5.41, 5.74) is 0.221. The van der Waals surface area contributed by atoms with Gasteiger partial charge < -0.3 is 9.80 Å². The Balaban J connectivity index is 1.47. The van der Waals surface area contributed by atoms with E-state index in [-0.39, 0.29) is 11.6 Å². The molecule has 6 nitrogen and oxygen atoms in total. The summed E-state index contributed by atoms with van der Waals surface area (Å²) in [7, 11) is 0. The minimum Gasteiger partial charge on any atom is -0.334 e. The molecule has 0 spiro atoms. The molecule has 128 valence electrons. The summed E-state index contributed by atoms with van der Waals surface area (Å²) in [6.07, 6.45) is 1.53. The third kappa shape index (κ3) is 2.78. The molecule has 25 heavy (non-hydrogen) atoms. The van der Waals surface area contributed by atoms with Gasteiger partial charge in [0.15, 0.2) is 5.69 Å². The lowest BCUT2D eigenvalue weighted by Crippen LogP contribution is -2.50. The normalized spacial score (nSPS) is 14.9. The number of carbonyl (C=O) groups is 2. The minimum absolute atomic E-state index is 0.0268. The van der Waals surface area contributed by atoms with E-state index in [0.717, 1.165) is 0 Å². The van der Waals surface area contributed by atoms with E-state index in [4.69, 9.17) is 0 Å². The van der Waals surface area contributed by atoms with Gasteiger partial charge in [0.25, 0.3) is 11.8 Å². The molecule has 1 aliphatic rings. The van der Waals surface area contributed by atoms with Gasteiger partial charge in [-0.15, -0.1) is 11.3 Å². The number of halogens is 1. The van der Waals surface area contributed by atoms with Crippen LogP contribution in [0.25, 0.3) is 5.65 Å². The predicted octanol–water partition coefficient (Wildman–Crippen LogP) is 2.13. The Hall–Kier alpha value is -2.74. The summed E-state index contributed by atoms with van der Waals surface area (Å²) < 4.78 is 15.7. The van der Waals surface area contributed by atoms with E-state index < -0.39 is 11.9 Å². The van der Waals surface area contributed by atoms with Gasteiger partial charge in [0.2, 0.25) is 5.95 Å². The largest absolute Gasteiger partial charge is 0.334 e. The number of hydrogen-bond acceptors (Lipinski definition) is 4. The molecule has 4 heterocycles. The summed E-state index contributed by atoms with van der Waals surface area (Å²) in [4.78, 5) is 33.0. The van der Waals surface area contributed by atoms with Gasteiger partial charge in [0, 0.05) is 32.4 Å². The highest BCUT2D eigenvalue weighted by molar-refractivity contribution is 7.12. The topological polar surface area (TPSA) is 57.9 Å². The molecule has 0 aliphatic carbocycles. The van der Waals surface area contributed by atoms with Crippen LogP contribution in [0.2, 0.25) is 0 Å². The highest BCUT2D eigenvalue weighted by atomic mass is 32.1. The maximum absolute atomic E-state index is 14.4. The average molecular weight is 358 g/mol. The molecule has 0 radical (unpaired) electrons. The molecular weight excluding hydrogens is 343 g/mol. The summed E-state index contributed by atoms with van der Waals surface area (Å²) in [5.74, 6) is -1.12. The lowest BCUT2D eigenvalue weighted by atomic mass is 10.2. The molecule has 8 heteroatoms. The third-order valence-electron chi connectivity index (χ3n) is 4.26. The molecule has 0 aromatic carbocycles. The van der Waals surface area contributed by atoms with Gasteiger partial charge >= 0.3 is 0 Å². The van der Waals surface area contributed by atoms with Crippen LogP contribution in [0, 0.1) is 5.95 Å². The Labute approximate surface area is 147 Å². The van der Waals surface area contributed by atoms with E-state index in [2.05, 4.69) is 4.98 Å². The number of imidazole rings is 1. The lowest BCUT2D eigenvalue weighted by Gasteiger charge is -2.34. The van der Waals surface area contributed by atoms with E-state index in [0.29, 0.717) is 36.7 Å². The first kappa shape index (κ1) is 15.8. The van der Waals surface area contributed by atoms with Crippen LogP contribution in [-0.2, 0) is 0 Å². The summed E-state index contributed by atoms with van der Waals surface area (Å²) in [6, 6.07) is 8.70. The number of piperazine rings is 1. The smallest absolute Gasteiger partial charge is 0.277 e. The first-order chi connectivity index (χ1) is 12.1. The summed E-state index contributed by atoms with van der Waals surface area (Å²) in [5, 5.41) is 1.86. The van der Waals surface area contributed by atoms with Crippen molar-refractivity contribution in [3.63, 3.8) is 0 Å². The Kier molecular flexibility index (Phi) is 3.96. The zero-order valence-electron chi connectivity index (χ0n) is 13.3. The zero-order chi connectivity index (χ0) is 17.4. The van der Waals surface area contributed by atoms with Crippen molar-refractivity contribution in [1.82, 2.24) is 19.2 Å². The third-order valence-corrected chi connectivity index (χ3v) is 5.12. The Morgan fingerprint density at radius 3 is 2.36 bits per heavy atom. The van der Waals surface area contributed by atoms with Crippen molar-refractivity contribution < 1.29 is 14.0 Å². The standard InChI is InChI=1S/C17H15FN4O2S/c18-15-14(19-13-5-1-2-6-22(13)15)17(24)21-9-7-20(8-10-21)16(23)12-4-3-11-25-12/h1-6,11H,7-10H2. The fourth-order valence-electron chi connectivity index (χ4n) is 2.92. The van der Waals surface area contributed by atoms with Crippen LogP contribution >= 0.6 is 11.3 Å². The molecule has 1 saturated heterocycles. The second-order valence-corrected chi connectivity index (χ2v) is 6.69. The van der Waals surface area contributed by atoms with Gasteiger partial charge in [-0.3, -0.25) is 14.0 Å². The second-order valence-electron chi connectivity index (χ2n) is 5.74. The van der Waals surface area contributed by atoms with Crippen LogP contribution in [0.1, 0.15) is 20.2 Å². The van der Waals surface area contributed by atoms with Crippen LogP contribution in [0.3, 0.4) is 0 Å². The van der Waals surface area contributed by atoms with Crippen molar-refractivity contribution in [3.8, 4) is 0 Å². The minimum atomic E-state index is -0.655. The van der Waals surface area contributed by atoms with Crippen molar-refractivity contribution in [2.45, 2.75) is 0 Å². The number of fused-ring (bicyclic) bond motifs is 1. The molecule has 3 aromatic rings. The van der Waals surface area contributed by atoms with Crippen molar-refractivity contribution in [2.75, 3.05) is 26.2 Å². The van der Waals surface area contributed by atoms with Crippen molar-refractivity contribution in [3.05, 3.63) is 58.4 Å². The average Bonchev–Trinajstić information content (AvgIpc) is 3.30. The molecule has 0 N–H and O–H groups in total. The van der Waals surface area contributed by atoms with Crippen molar-refractivity contribution in [1.29, 1.82) is 0 Å². The van der Waals surface area contributed by atoms with Gasteiger partial charge in [-0.25, -0.2) is 4.98 Å². The van der Waals surface area contributed by atoms with Gasteiger partial charge in [-0.1, -0.05) is 12.1 Å². The maximum atomic E-state index is 14.4. The van der Waals surface area contributed by atoms with Crippen molar-refractivity contribution in [2.24, 2.45) is 0 Å². The van der Waals surface area contributed by atoms with Crippen LogP contribution in [0.4, 0.5) is 4.39 Å². The number of rotatable bonds is 2. The molecule has 0 saturated carbocycles. The zero-order valence-corrected chi connectivity index (χ0v) is 14.1. The lowest BCUT2D eigenvalue weighted by molar-refractivity contribution is 0.0532. The van der Waals surface area contributed by atoms with E-state index in [9.17, 15) is 14.0 Å². The van der Waals surface area contributed by atoms with Crippen LogP contribution in [0.15, 0.2) is 41.9 Å².